The van der Waals surface area contributed by atoms with Crippen molar-refractivity contribution in [1.29, 1.82) is 0 Å². The van der Waals surface area contributed by atoms with E-state index in [1.54, 1.807) is 0 Å². The van der Waals surface area contributed by atoms with Crippen molar-refractivity contribution in [2.45, 2.75) is 32.4 Å². The smallest absolute Gasteiger partial charge is 0.122 e. The first-order chi connectivity index (χ1) is 9.81. The fourth-order valence-electron chi connectivity index (χ4n) is 2.65. The molecule has 1 aromatic carbocycles. The maximum atomic E-state index is 6.12. The van der Waals surface area contributed by atoms with Gasteiger partial charge in [0.05, 0.1) is 6.54 Å². The molecule has 0 aliphatic carbocycles. The molecule has 1 aliphatic heterocycles. The number of ether oxygens (including phenoxy) is 1. The zero-order chi connectivity index (χ0) is 13.8. The Labute approximate surface area is 119 Å². The number of piperidine rings is 1. The van der Waals surface area contributed by atoms with E-state index >= 15 is 0 Å². The van der Waals surface area contributed by atoms with Gasteiger partial charge in [-0.2, -0.15) is 0 Å². The van der Waals surface area contributed by atoms with Crippen LogP contribution in [0.15, 0.2) is 36.7 Å². The number of likely N-dealkylation sites (tertiary alicyclic amines) is 1. The second-order valence-corrected chi connectivity index (χ2v) is 5.39. The van der Waals surface area contributed by atoms with Gasteiger partial charge in [-0.05, 0) is 31.4 Å². The minimum Gasteiger partial charge on any atom is -0.490 e. The Hall–Kier alpha value is -1.81. The molecule has 0 amide bonds. The number of nitrogens with one attached hydrogen (secondary N) is 1. The number of imidazole rings is 1. The monoisotopic (exact) mass is 271 g/mol. The second kappa shape index (κ2) is 6.09. The molecule has 2 heterocycles. The lowest BCUT2D eigenvalue weighted by molar-refractivity contribution is 0.0950. The normalized spacial score (nSPS) is 17.2. The van der Waals surface area contributed by atoms with Crippen molar-refractivity contribution in [2.24, 2.45) is 0 Å². The third kappa shape index (κ3) is 3.20. The summed E-state index contributed by atoms with van der Waals surface area (Å²) in [7, 11) is 0. The van der Waals surface area contributed by atoms with Gasteiger partial charge in [0.25, 0.3) is 0 Å². The lowest BCUT2D eigenvalue weighted by Gasteiger charge is -2.31. The number of H-pyrrole nitrogens is 1. The van der Waals surface area contributed by atoms with E-state index in [2.05, 4.69) is 33.9 Å². The summed E-state index contributed by atoms with van der Waals surface area (Å²) < 4.78 is 6.12. The largest absolute Gasteiger partial charge is 0.490 e. The zero-order valence-corrected chi connectivity index (χ0v) is 11.9. The maximum Gasteiger partial charge on any atom is 0.122 e. The van der Waals surface area contributed by atoms with Gasteiger partial charge in [0.1, 0.15) is 17.7 Å². The Morgan fingerprint density at radius 2 is 2.10 bits per heavy atom. The zero-order valence-electron chi connectivity index (χ0n) is 11.9. The molecule has 106 valence electrons. The number of hydrogen-bond donors (Lipinski definition) is 1. The molecule has 0 atom stereocenters. The number of aryl methyl sites for hydroxylation is 1. The van der Waals surface area contributed by atoms with Crippen LogP contribution in [0.3, 0.4) is 0 Å². The van der Waals surface area contributed by atoms with Gasteiger partial charge in [-0.1, -0.05) is 18.2 Å². The van der Waals surface area contributed by atoms with Crippen molar-refractivity contribution in [3.05, 3.63) is 48.0 Å². The van der Waals surface area contributed by atoms with E-state index in [0.29, 0.717) is 6.10 Å². The van der Waals surface area contributed by atoms with Crippen molar-refractivity contribution in [1.82, 2.24) is 14.9 Å². The molecule has 1 saturated heterocycles. The van der Waals surface area contributed by atoms with Crippen LogP contribution in [0.2, 0.25) is 0 Å². The summed E-state index contributed by atoms with van der Waals surface area (Å²) in [5.74, 6) is 2.07. The Morgan fingerprint density at radius 1 is 1.30 bits per heavy atom. The summed E-state index contributed by atoms with van der Waals surface area (Å²) in [5, 5.41) is 0. The molecule has 0 spiro atoms. The fraction of sp³-hybridized carbons (Fsp3) is 0.438. The summed E-state index contributed by atoms with van der Waals surface area (Å²) in [6.45, 7) is 5.14. The Morgan fingerprint density at radius 3 is 2.80 bits per heavy atom. The number of nitrogens with zero attached hydrogens (tertiary/aromatic N) is 2. The van der Waals surface area contributed by atoms with Crippen LogP contribution in [-0.2, 0) is 6.54 Å². The van der Waals surface area contributed by atoms with Gasteiger partial charge in [0.15, 0.2) is 0 Å². The molecule has 0 radical (unpaired) electrons. The van der Waals surface area contributed by atoms with Crippen LogP contribution in [0.25, 0.3) is 0 Å². The van der Waals surface area contributed by atoms with Crippen molar-refractivity contribution < 1.29 is 4.74 Å². The maximum absolute atomic E-state index is 6.12. The average molecular weight is 271 g/mol. The minimum absolute atomic E-state index is 0.337. The van der Waals surface area contributed by atoms with Gasteiger partial charge in [-0.3, -0.25) is 4.90 Å². The number of benzene rings is 1. The molecule has 0 saturated carbocycles. The summed E-state index contributed by atoms with van der Waals surface area (Å²) in [5.41, 5.74) is 1.21. The van der Waals surface area contributed by atoms with Gasteiger partial charge in [-0.15, -0.1) is 0 Å². The van der Waals surface area contributed by atoms with Crippen LogP contribution >= 0.6 is 0 Å². The highest BCUT2D eigenvalue weighted by Crippen LogP contribution is 2.22. The third-order valence-corrected chi connectivity index (χ3v) is 3.85. The van der Waals surface area contributed by atoms with E-state index in [0.717, 1.165) is 44.0 Å². The predicted octanol–water partition coefficient (Wildman–Crippen LogP) is 2.76. The minimum atomic E-state index is 0.337. The van der Waals surface area contributed by atoms with Gasteiger partial charge in [-0.25, -0.2) is 4.98 Å². The van der Waals surface area contributed by atoms with Crippen molar-refractivity contribution in [3.63, 3.8) is 0 Å². The Balaban J connectivity index is 1.50. The standard InChI is InChI=1S/C16H21N3O/c1-13-4-2-3-5-15(13)20-14-6-10-19(11-7-14)12-16-17-8-9-18-16/h2-5,8-9,14H,6-7,10-12H2,1H3,(H,17,18). The fourth-order valence-corrected chi connectivity index (χ4v) is 2.65. The molecule has 1 fully saturated rings. The first kappa shape index (κ1) is 13.2. The Kier molecular flexibility index (Phi) is 4.02. The van der Waals surface area contributed by atoms with E-state index in [1.807, 2.05) is 24.5 Å². The molecule has 4 heteroatoms. The summed E-state index contributed by atoms with van der Waals surface area (Å²) in [6.07, 6.45) is 6.18. The van der Waals surface area contributed by atoms with Crippen LogP contribution < -0.4 is 4.74 Å². The van der Waals surface area contributed by atoms with Crippen LogP contribution in [-0.4, -0.2) is 34.1 Å². The van der Waals surface area contributed by atoms with Gasteiger partial charge in [0, 0.05) is 25.5 Å². The topological polar surface area (TPSA) is 41.1 Å². The van der Waals surface area contributed by atoms with Crippen molar-refractivity contribution >= 4 is 0 Å². The second-order valence-electron chi connectivity index (χ2n) is 5.39. The first-order valence-corrected chi connectivity index (χ1v) is 7.24. The highest BCUT2D eigenvalue weighted by atomic mass is 16.5. The molecule has 4 nitrogen and oxygen atoms in total. The summed E-state index contributed by atoms with van der Waals surface area (Å²) in [4.78, 5) is 9.87. The third-order valence-electron chi connectivity index (χ3n) is 3.85. The van der Waals surface area contributed by atoms with E-state index < -0.39 is 0 Å². The summed E-state index contributed by atoms with van der Waals surface area (Å²) in [6, 6.07) is 8.24. The van der Waals surface area contributed by atoms with Gasteiger partial charge in [0.2, 0.25) is 0 Å². The van der Waals surface area contributed by atoms with Gasteiger partial charge >= 0.3 is 0 Å². The van der Waals surface area contributed by atoms with E-state index in [4.69, 9.17) is 4.74 Å². The van der Waals surface area contributed by atoms with Crippen LogP contribution in [0.4, 0.5) is 0 Å². The first-order valence-electron chi connectivity index (χ1n) is 7.24. The van der Waals surface area contributed by atoms with Gasteiger partial charge < -0.3 is 9.72 Å². The molecule has 2 aromatic rings. The van der Waals surface area contributed by atoms with Crippen molar-refractivity contribution in [2.75, 3.05) is 13.1 Å². The van der Waals surface area contributed by atoms with E-state index in [-0.39, 0.29) is 0 Å². The lowest BCUT2D eigenvalue weighted by Crippen LogP contribution is -2.38. The SMILES string of the molecule is Cc1ccccc1OC1CCN(Cc2ncc[nH]2)CC1. The number of aromatic nitrogens is 2. The molecule has 20 heavy (non-hydrogen) atoms. The van der Waals surface area contributed by atoms with Crippen LogP contribution in [0, 0.1) is 6.92 Å². The number of para-hydroxylation sites is 1. The number of aromatic amines is 1. The highest BCUT2D eigenvalue weighted by Gasteiger charge is 2.21. The molecule has 1 aliphatic rings. The molecule has 1 aromatic heterocycles. The molecule has 1 N–H and O–H groups in total. The lowest BCUT2D eigenvalue weighted by atomic mass is 10.1. The van der Waals surface area contributed by atoms with E-state index in [1.165, 1.54) is 5.56 Å². The number of rotatable bonds is 4. The molecule has 0 bridgehead atoms. The molecule has 0 unspecified atom stereocenters. The molecular formula is C16H21N3O. The van der Waals surface area contributed by atoms with Crippen LogP contribution in [0.5, 0.6) is 5.75 Å². The predicted molar refractivity (Wildman–Crippen MR) is 78.7 cm³/mol. The molecule has 3 rings (SSSR count). The number of hydrogen-bond acceptors (Lipinski definition) is 3. The van der Waals surface area contributed by atoms with E-state index in [9.17, 15) is 0 Å². The average Bonchev–Trinajstić information content (AvgIpc) is 2.96. The highest BCUT2D eigenvalue weighted by molar-refractivity contribution is 5.31. The summed E-state index contributed by atoms with van der Waals surface area (Å²) >= 11 is 0. The van der Waals surface area contributed by atoms with Crippen LogP contribution in [0.1, 0.15) is 24.2 Å². The molecular weight excluding hydrogens is 250 g/mol. The van der Waals surface area contributed by atoms with Crippen molar-refractivity contribution in [3.8, 4) is 5.75 Å². The quantitative estimate of drug-likeness (QED) is 0.929. The Bertz CT molecular complexity index is 530.